The predicted molar refractivity (Wildman–Crippen MR) is 73.6 cm³/mol. The van der Waals surface area contributed by atoms with Crippen LogP contribution in [0, 0.1) is 0 Å². The van der Waals surface area contributed by atoms with Crippen molar-refractivity contribution in [3.63, 3.8) is 0 Å². The van der Waals surface area contributed by atoms with Gasteiger partial charge in [0.2, 0.25) is 0 Å². The van der Waals surface area contributed by atoms with Crippen LogP contribution in [0.2, 0.25) is 5.02 Å². The van der Waals surface area contributed by atoms with E-state index in [-0.39, 0.29) is 5.75 Å². The summed E-state index contributed by atoms with van der Waals surface area (Å²) in [7, 11) is -1.39. The molecule has 1 atom stereocenters. The maximum atomic E-state index is 12.4. The molecule has 94 valence electrons. The molecule has 0 bridgehead atoms. The molecule has 0 aromatic heterocycles. The van der Waals surface area contributed by atoms with Gasteiger partial charge in [0.15, 0.2) is 0 Å². The van der Waals surface area contributed by atoms with Crippen LogP contribution in [0.5, 0.6) is 5.75 Å². The Hall–Kier alpha value is -1.32. The van der Waals surface area contributed by atoms with Crippen molar-refractivity contribution in [2.24, 2.45) is 0 Å². The van der Waals surface area contributed by atoms with Gasteiger partial charge in [0.25, 0.3) is 0 Å². The molecule has 1 unspecified atom stereocenters. The zero-order valence-corrected chi connectivity index (χ0v) is 11.5. The number of phenols is 1. The summed E-state index contributed by atoms with van der Waals surface area (Å²) in [6.07, 6.45) is 0.838. The summed E-state index contributed by atoms with van der Waals surface area (Å²) in [5, 5.41) is 10.4. The molecule has 0 aliphatic rings. The van der Waals surface area contributed by atoms with Crippen LogP contribution in [0.4, 0.5) is 0 Å². The first-order chi connectivity index (χ1) is 8.61. The van der Waals surface area contributed by atoms with Gasteiger partial charge in [0.05, 0.1) is 15.7 Å². The normalized spacial score (nSPS) is 12.3. The SMILES string of the molecule is CCc1ccc(O)c(S(=O)c2ccc(Cl)cc2)c1. The molecule has 0 radical (unpaired) electrons. The molecular formula is C14H13ClO2S. The molecule has 0 saturated carbocycles. The average molecular weight is 281 g/mol. The van der Waals surface area contributed by atoms with Crippen LogP contribution in [0.1, 0.15) is 12.5 Å². The van der Waals surface area contributed by atoms with Crippen molar-refractivity contribution in [2.75, 3.05) is 0 Å². The van der Waals surface area contributed by atoms with E-state index < -0.39 is 10.8 Å². The average Bonchev–Trinajstić information content (AvgIpc) is 2.39. The highest BCUT2D eigenvalue weighted by Gasteiger charge is 2.12. The summed E-state index contributed by atoms with van der Waals surface area (Å²) in [5.41, 5.74) is 1.05. The number of hydrogen-bond acceptors (Lipinski definition) is 2. The molecule has 4 heteroatoms. The van der Waals surface area contributed by atoms with Crippen LogP contribution in [-0.4, -0.2) is 9.32 Å². The number of rotatable bonds is 3. The van der Waals surface area contributed by atoms with Crippen LogP contribution >= 0.6 is 11.6 Å². The monoisotopic (exact) mass is 280 g/mol. The number of phenolic OH excluding ortho intramolecular Hbond substituents is 1. The van der Waals surface area contributed by atoms with Crippen molar-refractivity contribution in [3.05, 3.63) is 53.1 Å². The first-order valence-electron chi connectivity index (χ1n) is 5.61. The molecule has 0 saturated heterocycles. The third kappa shape index (κ3) is 2.74. The van der Waals surface area contributed by atoms with Gasteiger partial charge in [-0.05, 0) is 48.4 Å². The molecule has 1 N–H and O–H groups in total. The quantitative estimate of drug-likeness (QED) is 0.929. The van der Waals surface area contributed by atoms with E-state index in [9.17, 15) is 9.32 Å². The largest absolute Gasteiger partial charge is 0.507 e. The van der Waals surface area contributed by atoms with Crippen LogP contribution in [0.15, 0.2) is 52.3 Å². The molecule has 2 aromatic carbocycles. The van der Waals surface area contributed by atoms with Crippen molar-refractivity contribution >= 4 is 22.4 Å². The molecule has 18 heavy (non-hydrogen) atoms. The summed E-state index contributed by atoms with van der Waals surface area (Å²) < 4.78 is 12.4. The number of aryl methyl sites for hydroxylation is 1. The van der Waals surface area contributed by atoms with E-state index in [1.54, 1.807) is 36.4 Å². The van der Waals surface area contributed by atoms with Gasteiger partial charge in [0, 0.05) is 9.92 Å². The topological polar surface area (TPSA) is 37.3 Å². The second-order valence-electron chi connectivity index (χ2n) is 3.88. The van der Waals surface area contributed by atoms with Gasteiger partial charge in [0.1, 0.15) is 5.75 Å². The number of benzene rings is 2. The van der Waals surface area contributed by atoms with E-state index in [4.69, 9.17) is 11.6 Å². The highest BCUT2D eigenvalue weighted by atomic mass is 35.5. The van der Waals surface area contributed by atoms with Gasteiger partial charge < -0.3 is 5.11 Å². The summed E-state index contributed by atoms with van der Waals surface area (Å²) in [4.78, 5) is 1.07. The first-order valence-corrected chi connectivity index (χ1v) is 7.14. The standard InChI is InChI=1S/C14H13ClO2S/c1-2-10-3-8-13(16)14(9-10)18(17)12-6-4-11(15)5-7-12/h3-9,16H,2H2,1H3. The Labute approximate surface area is 114 Å². The van der Waals surface area contributed by atoms with Crippen LogP contribution < -0.4 is 0 Å². The van der Waals surface area contributed by atoms with Crippen LogP contribution in [0.3, 0.4) is 0 Å². The Morgan fingerprint density at radius 2 is 1.83 bits per heavy atom. The van der Waals surface area contributed by atoms with Crippen molar-refractivity contribution in [2.45, 2.75) is 23.1 Å². The highest BCUT2D eigenvalue weighted by molar-refractivity contribution is 7.85. The molecule has 2 aromatic rings. The minimum absolute atomic E-state index is 0.0560. The molecule has 0 amide bonds. The van der Waals surface area contributed by atoms with E-state index in [0.29, 0.717) is 14.8 Å². The lowest BCUT2D eigenvalue weighted by molar-refractivity contribution is 0.461. The first kappa shape index (κ1) is 13.1. The third-order valence-electron chi connectivity index (χ3n) is 2.66. The lowest BCUT2D eigenvalue weighted by atomic mass is 10.2. The minimum atomic E-state index is -1.39. The van der Waals surface area contributed by atoms with Gasteiger partial charge in [-0.25, -0.2) is 4.21 Å². The Balaban J connectivity index is 2.42. The fourth-order valence-corrected chi connectivity index (χ4v) is 2.89. The molecule has 0 aliphatic heterocycles. The number of halogens is 1. The number of hydrogen-bond donors (Lipinski definition) is 1. The van der Waals surface area contributed by atoms with Crippen molar-refractivity contribution in [1.29, 1.82) is 0 Å². The molecule has 0 fully saturated rings. The van der Waals surface area contributed by atoms with Crippen LogP contribution in [0.25, 0.3) is 0 Å². The molecule has 0 aliphatic carbocycles. The summed E-state index contributed by atoms with van der Waals surface area (Å²) >= 11 is 5.79. The zero-order chi connectivity index (χ0) is 13.1. The van der Waals surface area contributed by atoms with E-state index in [1.807, 2.05) is 13.0 Å². The number of aromatic hydroxyl groups is 1. The zero-order valence-electron chi connectivity index (χ0n) is 9.89. The Kier molecular flexibility index (Phi) is 4.04. The molecular weight excluding hydrogens is 268 g/mol. The van der Waals surface area contributed by atoms with E-state index >= 15 is 0 Å². The van der Waals surface area contributed by atoms with Crippen molar-refractivity contribution in [1.82, 2.24) is 0 Å². The summed E-state index contributed by atoms with van der Waals surface area (Å²) in [6.45, 7) is 2.02. The summed E-state index contributed by atoms with van der Waals surface area (Å²) in [6, 6.07) is 12.0. The van der Waals surface area contributed by atoms with Gasteiger partial charge in [-0.3, -0.25) is 0 Å². The molecule has 2 rings (SSSR count). The molecule has 0 heterocycles. The highest BCUT2D eigenvalue weighted by Crippen LogP contribution is 2.27. The smallest absolute Gasteiger partial charge is 0.132 e. The van der Waals surface area contributed by atoms with E-state index in [1.165, 1.54) is 0 Å². The van der Waals surface area contributed by atoms with E-state index in [0.717, 1.165) is 12.0 Å². The third-order valence-corrected chi connectivity index (χ3v) is 4.34. The maximum absolute atomic E-state index is 12.4. The fourth-order valence-electron chi connectivity index (χ4n) is 1.61. The van der Waals surface area contributed by atoms with Crippen LogP contribution in [-0.2, 0) is 17.2 Å². The van der Waals surface area contributed by atoms with Crippen molar-refractivity contribution < 1.29 is 9.32 Å². The second-order valence-corrected chi connectivity index (χ2v) is 5.76. The van der Waals surface area contributed by atoms with Gasteiger partial charge >= 0.3 is 0 Å². The Morgan fingerprint density at radius 1 is 1.17 bits per heavy atom. The Morgan fingerprint density at radius 3 is 2.44 bits per heavy atom. The second kappa shape index (κ2) is 5.55. The predicted octanol–water partition coefficient (Wildman–Crippen LogP) is 3.77. The van der Waals surface area contributed by atoms with Gasteiger partial charge in [-0.2, -0.15) is 0 Å². The van der Waals surface area contributed by atoms with Gasteiger partial charge in [-0.15, -0.1) is 0 Å². The Bertz CT molecular complexity index is 579. The minimum Gasteiger partial charge on any atom is -0.507 e. The maximum Gasteiger partial charge on any atom is 0.132 e. The van der Waals surface area contributed by atoms with Crippen molar-refractivity contribution in [3.8, 4) is 5.75 Å². The fraction of sp³-hybridized carbons (Fsp3) is 0.143. The van der Waals surface area contributed by atoms with Gasteiger partial charge in [-0.1, -0.05) is 24.6 Å². The lowest BCUT2D eigenvalue weighted by Crippen LogP contribution is -1.95. The molecule has 0 spiro atoms. The lowest BCUT2D eigenvalue weighted by Gasteiger charge is -2.07. The summed E-state index contributed by atoms with van der Waals surface area (Å²) in [5.74, 6) is 0.0560. The van der Waals surface area contributed by atoms with E-state index in [2.05, 4.69) is 0 Å². The molecule has 2 nitrogen and oxygen atoms in total.